The largest absolute Gasteiger partial charge is 0.378 e. The highest BCUT2D eigenvalue weighted by molar-refractivity contribution is 6.02. The minimum absolute atomic E-state index is 0.0189. The van der Waals surface area contributed by atoms with Crippen LogP contribution in [0.25, 0.3) is 22.2 Å². The SMILES string of the molecule is O=c1cc(N2CCOCC2)[nH]c2c(-c3cn(Cc4cccc(C5=NN=NC5)c4)nn3)cccc12. The summed E-state index contributed by atoms with van der Waals surface area (Å²) in [6.45, 7) is 3.84. The van der Waals surface area contributed by atoms with Crippen molar-refractivity contribution in [2.75, 3.05) is 37.7 Å². The third-order valence-corrected chi connectivity index (χ3v) is 6.07. The number of ether oxygens (including phenoxy) is 1. The van der Waals surface area contributed by atoms with E-state index in [0.717, 1.165) is 46.8 Å². The van der Waals surface area contributed by atoms with Gasteiger partial charge in [0.15, 0.2) is 5.43 Å². The molecule has 170 valence electrons. The fraction of sp³-hybridized carbons (Fsp3) is 0.250. The number of nitrogens with zero attached hydrogens (tertiary/aromatic N) is 7. The fourth-order valence-electron chi connectivity index (χ4n) is 4.35. The summed E-state index contributed by atoms with van der Waals surface area (Å²) < 4.78 is 7.24. The molecule has 1 saturated heterocycles. The van der Waals surface area contributed by atoms with E-state index in [9.17, 15) is 4.79 Å². The lowest BCUT2D eigenvalue weighted by Crippen LogP contribution is -2.37. The second-order valence-corrected chi connectivity index (χ2v) is 8.28. The topological polar surface area (TPSA) is 113 Å². The van der Waals surface area contributed by atoms with Gasteiger partial charge in [-0.2, -0.15) is 5.11 Å². The Kier molecular flexibility index (Phi) is 5.19. The lowest BCUT2D eigenvalue weighted by Gasteiger charge is -2.28. The predicted molar refractivity (Wildman–Crippen MR) is 128 cm³/mol. The predicted octanol–water partition coefficient (Wildman–Crippen LogP) is 2.84. The van der Waals surface area contributed by atoms with Crippen molar-refractivity contribution in [3.05, 3.63) is 76.1 Å². The number of aromatic nitrogens is 4. The van der Waals surface area contributed by atoms with Crippen molar-refractivity contribution in [1.82, 2.24) is 20.0 Å². The van der Waals surface area contributed by atoms with Gasteiger partial charge in [-0.3, -0.25) is 4.79 Å². The summed E-state index contributed by atoms with van der Waals surface area (Å²) in [7, 11) is 0. The lowest BCUT2D eigenvalue weighted by molar-refractivity contribution is 0.122. The van der Waals surface area contributed by atoms with Gasteiger partial charge in [0.2, 0.25) is 0 Å². The number of nitrogens with one attached hydrogen (secondary N) is 1. The van der Waals surface area contributed by atoms with Gasteiger partial charge in [0.1, 0.15) is 18.1 Å². The Balaban J connectivity index is 1.32. The summed E-state index contributed by atoms with van der Waals surface area (Å²) in [5.41, 5.74) is 5.22. The van der Waals surface area contributed by atoms with Gasteiger partial charge in [0.05, 0.1) is 37.2 Å². The van der Waals surface area contributed by atoms with Gasteiger partial charge in [0.25, 0.3) is 0 Å². The molecule has 1 N–H and O–H groups in total. The monoisotopic (exact) mass is 454 g/mol. The van der Waals surface area contributed by atoms with Crippen molar-refractivity contribution in [2.45, 2.75) is 6.54 Å². The summed E-state index contributed by atoms with van der Waals surface area (Å²) in [6.07, 6.45) is 1.90. The zero-order valence-corrected chi connectivity index (χ0v) is 18.4. The second kappa shape index (κ2) is 8.64. The van der Waals surface area contributed by atoms with Gasteiger partial charge in [-0.1, -0.05) is 35.5 Å². The van der Waals surface area contributed by atoms with Crippen molar-refractivity contribution >= 4 is 22.4 Å². The summed E-state index contributed by atoms with van der Waals surface area (Å²) in [5.74, 6) is 0.797. The van der Waals surface area contributed by atoms with Crippen LogP contribution in [0, 0.1) is 0 Å². The van der Waals surface area contributed by atoms with E-state index in [-0.39, 0.29) is 5.43 Å². The van der Waals surface area contributed by atoms with Crippen LogP contribution in [0.3, 0.4) is 0 Å². The third-order valence-electron chi connectivity index (χ3n) is 6.07. The molecule has 0 bridgehead atoms. The molecule has 0 saturated carbocycles. The maximum Gasteiger partial charge on any atom is 0.191 e. The first-order valence-corrected chi connectivity index (χ1v) is 11.2. The maximum atomic E-state index is 12.9. The Morgan fingerprint density at radius 2 is 1.94 bits per heavy atom. The number of morpholine rings is 1. The van der Waals surface area contributed by atoms with E-state index in [1.54, 1.807) is 10.7 Å². The number of aromatic amines is 1. The van der Waals surface area contributed by atoms with Crippen molar-refractivity contribution in [1.29, 1.82) is 0 Å². The Morgan fingerprint density at radius 1 is 1.06 bits per heavy atom. The summed E-state index contributed by atoms with van der Waals surface area (Å²) in [4.78, 5) is 18.5. The van der Waals surface area contributed by atoms with Crippen LogP contribution in [-0.4, -0.2) is 58.5 Å². The molecule has 2 aromatic heterocycles. The van der Waals surface area contributed by atoms with Crippen LogP contribution >= 0.6 is 0 Å². The average molecular weight is 454 g/mol. The van der Waals surface area contributed by atoms with Crippen molar-refractivity contribution in [3.63, 3.8) is 0 Å². The van der Waals surface area contributed by atoms with E-state index in [4.69, 9.17) is 4.74 Å². The third kappa shape index (κ3) is 3.88. The molecule has 0 radical (unpaired) electrons. The minimum Gasteiger partial charge on any atom is -0.378 e. The number of H-pyrrole nitrogens is 1. The van der Waals surface area contributed by atoms with Gasteiger partial charge >= 0.3 is 0 Å². The number of hydrogen-bond acceptors (Lipinski definition) is 8. The summed E-state index contributed by atoms with van der Waals surface area (Å²) >= 11 is 0. The fourth-order valence-corrected chi connectivity index (χ4v) is 4.35. The van der Waals surface area contributed by atoms with Crippen molar-refractivity contribution in [3.8, 4) is 11.3 Å². The Morgan fingerprint density at radius 3 is 2.79 bits per heavy atom. The van der Waals surface area contributed by atoms with Gasteiger partial charge < -0.3 is 14.6 Å². The number of fused-ring (bicyclic) bond motifs is 1. The number of pyridine rings is 1. The van der Waals surface area contributed by atoms with E-state index in [2.05, 4.69) is 41.7 Å². The number of para-hydroxylation sites is 1. The highest BCUT2D eigenvalue weighted by Crippen LogP contribution is 2.26. The molecule has 0 unspecified atom stereocenters. The molecule has 10 nitrogen and oxygen atoms in total. The highest BCUT2D eigenvalue weighted by Gasteiger charge is 2.16. The zero-order valence-electron chi connectivity index (χ0n) is 18.4. The molecule has 0 spiro atoms. The van der Waals surface area contributed by atoms with Crippen LogP contribution in [0.4, 0.5) is 5.82 Å². The van der Waals surface area contributed by atoms with E-state index >= 15 is 0 Å². The summed E-state index contributed by atoms with van der Waals surface area (Å²) in [5, 5.41) is 21.1. The molecule has 0 aliphatic carbocycles. The van der Waals surface area contributed by atoms with E-state index in [1.807, 2.05) is 42.6 Å². The normalized spacial score (nSPS) is 15.8. The molecule has 0 atom stereocenters. The molecule has 4 heterocycles. The molecular weight excluding hydrogens is 432 g/mol. The molecule has 6 rings (SSSR count). The Hall–Kier alpha value is -4.18. The van der Waals surface area contributed by atoms with Crippen LogP contribution in [0.1, 0.15) is 11.1 Å². The molecule has 2 aliphatic heterocycles. The van der Waals surface area contributed by atoms with Crippen LogP contribution in [0.5, 0.6) is 0 Å². The lowest BCUT2D eigenvalue weighted by atomic mass is 10.1. The molecule has 4 aromatic rings. The number of rotatable bonds is 5. The van der Waals surface area contributed by atoms with Crippen LogP contribution in [-0.2, 0) is 11.3 Å². The van der Waals surface area contributed by atoms with E-state index in [1.165, 1.54) is 0 Å². The number of anilines is 1. The first-order valence-electron chi connectivity index (χ1n) is 11.2. The van der Waals surface area contributed by atoms with Crippen LogP contribution in [0.15, 0.2) is 75.0 Å². The smallest absolute Gasteiger partial charge is 0.191 e. The molecule has 2 aromatic carbocycles. The highest BCUT2D eigenvalue weighted by atomic mass is 16.5. The molecular formula is C24H22N8O2. The van der Waals surface area contributed by atoms with E-state index < -0.39 is 0 Å². The standard InChI is InChI=1S/C24H22N8O2/c33-22-12-23(31-7-9-34-10-8-31)26-24-18(5-2-6-19(22)24)21-15-32(30-28-21)14-16-3-1-4-17(11-16)20-13-25-29-27-20/h1-6,11-12,15H,7-10,13-14H2,(H,26,33). The Labute approximate surface area is 194 Å². The van der Waals surface area contributed by atoms with Gasteiger partial charge in [-0.25, -0.2) is 4.68 Å². The number of benzene rings is 2. The minimum atomic E-state index is -0.0189. The van der Waals surface area contributed by atoms with Crippen LogP contribution < -0.4 is 10.3 Å². The zero-order chi connectivity index (χ0) is 22.9. The first-order chi connectivity index (χ1) is 16.7. The quantitative estimate of drug-likeness (QED) is 0.498. The van der Waals surface area contributed by atoms with Crippen molar-refractivity contribution < 1.29 is 4.74 Å². The number of hydrogen-bond donors (Lipinski definition) is 1. The molecule has 1 fully saturated rings. The molecule has 34 heavy (non-hydrogen) atoms. The maximum absolute atomic E-state index is 12.9. The Bertz CT molecular complexity index is 1480. The molecule has 0 amide bonds. The molecule has 2 aliphatic rings. The van der Waals surface area contributed by atoms with Crippen LogP contribution in [0.2, 0.25) is 0 Å². The molecule has 10 heteroatoms. The van der Waals surface area contributed by atoms with Gasteiger partial charge in [-0.05, 0) is 22.9 Å². The average Bonchev–Trinajstić information content (AvgIpc) is 3.57. The first kappa shape index (κ1) is 20.4. The van der Waals surface area contributed by atoms with Gasteiger partial charge in [-0.15, -0.1) is 10.2 Å². The van der Waals surface area contributed by atoms with E-state index in [0.29, 0.717) is 37.4 Å². The van der Waals surface area contributed by atoms with Crippen molar-refractivity contribution in [2.24, 2.45) is 15.4 Å². The second-order valence-electron chi connectivity index (χ2n) is 8.28. The van der Waals surface area contributed by atoms with Gasteiger partial charge in [0, 0.05) is 35.7 Å². The summed E-state index contributed by atoms with van der Waals surface area (Å²) in [6, 6.07) is 15.4.